The Morgan fingerprint density at radius 1 is 1.39 bits per heavy atom. The number of amides is 2. The molecule has 0 bridgehead atoms. The molecule has 1 aliphatic heterocycles. The highest BCUT2D eigenvalue weighted by molar-refractivity contribution is 5.88. The number of benzene rings is 1. The number of unbranched alkanes of at least 4 members (excludes halogenated alkanes) is 1. The fourth-order valence-corrected chi connectivity index (χ4v) is 3.56. The van der Waals surface area contributed by atoms with Gasteiger partial charge >= 0.3 is 5.97 Å². The molecule has 1 fully saturated rings. The van der Waals surface area contributed by atoms with Gasteiger partial charge in [-0.2, -0.15) is 0 Å². The third-order valence-electron chi connectivity index (χ3n) is 5.02. The zero-order chi connectivity index (χ0) is 20.7. The first-order chi connectivity index (χ1) is 13.4. The summed E-state index contributed by atoms with van der Waals surface area (Å²) in [7, 11) is 1.51. The lowest BCUT2D eigenvalue weighted by Gasteiger charge is -2.41. The van der Waals surface area contributed by atoms with E-state index in [0.29, 0.717) is 17.9 Å². The van der Waals surface area contributed by atoms with Crippen LogP contribution in [0.5, 0.6) is 5.75 Å². The van der Waals surface area contributed by atoms with Gasteiger partial charge in [-0.1, -0.05) is 31.5 Å². The minimum Gasteiger partial charge on any atom is -0.496 e. The largest absolute Gasteiger partial charge is 0.496 e. The van der Waals surface area contributed by atoms with Crippen LogP contribution in [-0.2, 0) is 14.4 Å². The summed E-state index contributed by atoms with van der Waals surface area (Å²) in [4.78, 5) is 38.3. The molecule has 1 heterocycles. The number of piperidine rings is 1. The number of hydrogen-bond acceptors (Lipinski definition) is 4. The number of para-hydroxylation sites is 1. The Morgan fingerprint density at radius 2 is 2.11 bits per heavy atom. The number of nitrogens with one attached hydrogen (secondary N) is 1. The lowest BCUT2D eigenvalue weighted by molar-refractivity contribution is -0.147. The Labute approximate surface area is 163 Å². The average molecular weight is 394 g/mol. The lowest BCUT2D eigenvalue weighted by Crippen LogP contribution is -2.51. The summed E-state index contributed by atoms with van der Waals surface area (Å²) in [5, 5.41) is 11.3. The highest BCUT2D eigenvalue weighted by Crippen LogP contribution is 2.40. The number of carboxylic acids is 1. The molecule has 0 saturated carbocycles. The number of methoxy groups -OCH3 is 1. The van der Waals surface area contributed by atoms with Gasteiger partial charge in [0.15, 0.2) is 6.04 Å². The van der Waals surface area contributed by atoms with E-state index in [1.807, 2.05) is 6.92 Å². The van der Waals surface area contributed by atoms with Crippen LogP contribution in [-0.4, -0.2) is 54.2 Å². The molecular formula is C20H27FN2O5. The van der Waals surface area contributed by atoms with E-state index in [1.54, 1.807) is 29.2 Å². The predicted molar refractivity (Wildman–Crippen MR) is 101 cm³/mol. The SMILES string of the molecule is CCCCN1C(=O)CCC(C(=O)NC(CF)C(=O)O)C1c1ccccc1OC. The molecular weight excluding hydrogens is 367 g/mol. The quantitative estimate of drug-likeness (QED) is 0.670. The van der Waals surface area contributed by atoms with Gasteiger partial charge in [-0.05, 0) is 18.9 Å². The van der Waals surface area contributed by atoms with E-state index in [9.17, 15) is 18.8 Å². The maximum absolute atomic E-state index is 13.0. The zero-order valence-corrected chi connectivity index (χ0v) is 16.2. The number of nitrogens with zero attached hydrogens (tertiary/aromatic N) is 1. The monoisotopic (exact) mass is 394 g/mol. The molecule has 0 radical (unpaired) electrons. The van der Waals surface area contributed by atoms with E-state index in [0.717, 1.165) is 12.8 Å². The fraction of sp³-hybridized carbons (Fsp3) is 0.550. The summed E-state index contributed by atoms with van der Waals surface area (Å²) in [6, 6.07) is 4.94. The van der Waals surface area contributed by atoms with Crippen LogP contribution in [0.4, 0.5) is 4.39 Å². The van der Waals surface area contributed by atoms with E-state index >= 15 is 0 Å². The number of likely N-dealkylation sites (tertiary alicyclic amines) is 1. The van der Waals surface area contributed by atoms with Gasteiger partial charge in [0, 0.05) is 18.5 Å². The number of carbonyl (C=O) groups excluding carboxylic acids is 2. The van der Waals surface area contributed by atoms with Crippen LogP contribution in [0.15, 0.2) is 24.3 Å². The van der Waals surface area contributed by atoms with Crippen molar-refractivity contribution < 1.29 is 28.6 Å². The zero-order valence-electron chi connectivity index (χ0n) is 16.2. The van der Waals surface area contributed by atoms with Gasteiger partial charge in [0.25, 0.3) is 0 Å². The topological polar surface area (TPSA) is 95.9 Å². The van der Waals surface area contributed by atoms with Crippen LogP contribution >= 0.6 is 0 Å². The molecule has 154 valence electrons. The molecule has 2 N–H and O–H groups in total. The molecule has 0 aromatic heterocycles. The number of ether oxygens (including phenoxy) is 1. The second-order valence-corrected chi connectivity index (χ2v) is 6.83. The maximum Gasteiger partial charge on any atom is 0.328 e. The van der Waals surface area contributed by atoms with Crippen molar-refractivity contribution in [3.63, 3.8) is 0 Å². The number of rotatable bonds is 9. The fourth-order valence-electron chi connectivity index (χ4n) is 3.56. The molecule has 8 heteroatoms. The Bertz CT molecular complexity index is 712. The summed E-state index contributed by atoms with van der Waals surface area (Å²) in [6.45, 7) is 1.29. The molecule has 3 unspecified atom stereocenters. The van der Waals surface area contributed by atoms with E-state index in [2.05, 4.69) is 5.32 Å². The second kappa shape index (κ2) is 10.1. The van der Waals surface area contributed by atoms with Gasteiger partial charge in [0.2, 0.25) is 11.8 Å². The molecule has 1 aromatic rings. The van der Waals surface area contributed by atoms with Crippen molar-refractivity contribution in [3.8, 4) is 5.75 Å². The molecule has 1 saturated heterocycles. The third kappa shape index (κ3) is 4.79. The molecule has 1 aromatic carbocycles. The molecule has 2 amide bonds. The Kier molecular flexibility index (Phi) is 7.78. The van der Waals surface area contributed by atoms with Crippen LogP contribution in [0.3, 0.4) is 0 Å². The average Bonchev–Trinajstić information content (AvgIpc) is 2.70. The van der Waals surface area contributed by atoms with E-state index < -0.39 is 36.6 Å². The third-order valence-corrected chi connectivity index (χ3v) is 5.02. The molecule has 3 atom stereocenters. The van der Waals surface area contributed by atoms with Gasteiger partial charge in [-0.25, -0.2) is 9.18 Å². The molecule has 28 heavy (non-hydrogen) atoms. The standard InChI is InChI=1S/C20H27FN2O5/c1-3-4-11-23-17(24)10-9-14(19(25)22-15(12-21)20(26)27)18(23)13-7-5-6-8-16(13)28-2/h5-8,14-15,18H,3-4,9-12H2,1-2H3,(H,22,25)(H,26,27). The molecule has 0 aliphatic carbocycles. The van der Waals surface area contributed by atoms with Gasteiger partial charge in [0.05, 0.1) is 19.1 Å². The summed E-state index contributed by atoms with van der Waals surface area (Å²) in [6.07, 6.45) is 2.09. The van der Waals surface area contributed by atoms with Crippen molar-refractivity contribution in [2.24, 2.45) is 5.92 Å². The normalized spacial score (nSPS) is 20.5. The first-order valence-electron chi connectivity index (χ1n) is 9.46. The number of carboxylic acid groups (broad SMARTS) is 1. The van der Waals surface area contributed by atoms with Gasteiger partial charge in [-0.3, -0.25) is 9.59 Å². The Morgan fingerprint density at radius 3 is 2.71 bits per heavy atom. The lowest BCUT2D eigenvalue weighted by atomic mass is 9.82. The van der Waals surface area contributed by atoms with Crippen LogP contribution in [0.2, 0.25) is 0 Å². The van der Waals surface area contributed by atoms with Crippen molar-refractivity contribution in [2.75, 3.05) is 20.3 Å². The van der Waals surface area contributed by atoms with E-state index in [4.69, 9.17) is 9.84 Å². The van der Waals surface area contributed by atoms with Crippen LogP contribution in [0, 0.1) is 5.92 Å². The minimum atomic E-state index is -1.60. The summed E-state index contributed by atoms with van der Waals surface area (Å²) in [5.74, 6) is -2.22. The summed E-state index contributed by atoms with van der Waals surface area (Å²) < 4.78 is 18.4. The van der Waals surface area contributed by atoms with Gasteiger partial charge in [-0.15, -0.1) is 0 Å². The predicted octanol–water partition coefficient (Wildman–Crippen LogP) is 2.31. The number of alkyl halides is 1. The van der Waals surface area contributed by atoms with Crippen molar-refractivity contribution in [3.05, 3.63) is 29.8 Å². The maximum atomic E-state index is 13.0. The van der Waals surface area contributed by atoms with Crippen molar-refractivity contribution >= 4 is 17.8 Å². The van der Waals surface area contributed by atoms with Crippen molar-refractivity contribution in [1.29, 1.82) is 0 Å². The van der Waals surface area contributed by atoms with Crippen molar-refractivity contribution in [1.82, 2.24) is 10.2 Å². The molecule has 7 nitrogen and oxygen atoms in total. The van der Waals surface area contributed by atoms with Crippen LogP contribution in [0.25, 0.3) is 0 Å². The highest BCUT2D eigenvalue weighted by atomic mass is 19.1. The smallest absolute Gasteiger partial charge is 0.328 e. The van der Waals surface area contributed by atoms with Gasteiger partial charge in [0.1, 0.15) is 12.4 Å². The minimum absolute atomic E-state index is 0.0614. The molecule has 0 spiro atoms. The number of aliphatic carboxylic acids is 1. The summed E-state index contributed by atoms with van der Waals surface area (Å²) in [5.41, 5.74) is 0.682. The first-order valence-corrected chi connectivity index (χ1v) is 9.46. The number of hydrogen-bond donors (Lipinski definition) is 2. The highest BCUT2D eigenvalue weighted by Gasteiger charge is 2.42. The second-order valence-electron chi connectivity index (χ2n) is 6.83. The van der Waals surface area contributed by atoms with Crippen LogP contribution < -0.4 is 10.1 Å². The summed E-state index contributed by atoms with van der Waals surface area (Å²) >= 11 is 0. The Balaban J connectivity index is 2.42. The molecule has 2 rings (SSSR count). The number of halogens is 1. The van der Waals surface area contributed by atoms with Gasteiger partial charge < -0.3 is 20.1 Å². The van der Waals surface area contributed by atoms with E-state index in [1.165, 1.54) is 7.11 Å². The number of carbonyl (C=O) groups is 3. The van der Waals surface area contributed by atoms with Crippen molar-refractivity contribution in [2.45, 2.75) is 44.7 Å². The molecule has 1 aliphatic rings. The van der Waals surface area contributed by atoms with Crippen LogP contribution in [0.1, 0.15) is 44.2 Å². The first kappa shape index (κ1) is 21.7. The Hall–Kier alpha value is -2.64. The van der Waals surface area contributed by atoms with E-state index in [-0.39, 0.29) is 18.7 Å².